The van der Waals surface area contributed by atoms with E-state index in [1.54, 1.807) is 18.2 Å². The maximum atomic E-state index is 11.9. The zero-order chi connectivity index (χ0) is 14.4. The maximum absolute atomic E-state index is 11.9. The van der Waals surface area contributed by atoms with Gasteiger partial charge in [0.15, 0.2) is 6.61 Å². The number of benzene rings is 2. The van der Waals surface area contributed by atoms with Gasteiger partial charge in [-0.25, -0.2) is 4.39 Å². The molecular weight excluding hydrogens is 261 g/mol. The minimum atomic E-state index is -0.588. The predicted molar refractivity (Wildman–Crippen MR) is 72.8 cm³/mol. The summed E-state index contributed by atoms with van der Waals surface area (Å²) in [6.45, 7) is 0.185. The summed E-state index contributed by atoms with van der Waals surface area (Å²) in [5, 5.41) is 10.5. The Labute approximate surface area is 116 Å². The summed E-state index contributed by atoms with van der Waals surface area (Å²) in [5.41, 5.74) is 0.926. The molecule has 1 atom stereocenters. The minimum absolute atomic E-state index is 0.178. The summed E-state index contributed by atoms with van der Waals surface area (Å²) in [6, 6.07) is 14.8. The highest BCUT2D eigenvalue weighted by atomic mass is 19.1. The maximum Gasteiger partial charge on any atom is 0.250 e. The van der Waals surface area contributed by atoms with Gasteiger partial charge in [0, 0.05) is 16.9 Å². The van der Waals surface area contributed by atoms with Crippen molar-refractivity contribution in [1.29, 1.82) is 0 Å². The molecule has 3 rings (SSSR count). The molecular formula is C15H14FNO3. The van der Waals surface area contributed by atoms with E-state index in [2.05, 4.69) is 0 Å². The van der Waals surface area contributed by atoms with Crippen LogP contribution in [0.3, 0.4) is 0 Å². The molecule has 0 aliphatic carbocycles. The van der Waals surface area contributed by atoms with Crippen LogP contribution in [0.25, 0.3) is 0 Å². The zero-order valence-corrected chi connectivity index (χ0v) is 10.7. The molecule has 0 amide bonds. The molecule has 0 saturated carbocycles. The van der Waals surface area contributed by atoms with E-state index in [4.69, 9.17) is 4.74 Å². The lowest BCUT2D eigenvalue weighted by Crippen LogP contribution is -2.32. The Balaban J connectivity index is 0.000000178. The van der Waals surface area contributed by atoms with Crippen LogP contribution in [0.4, 0.5) is 4.39 Å². The average Bonchev–Trinajstić information content (AvgIpc) is 2.48. The van der Waals surface area contributed by atoms with Crippen LogP contribution in [0.15, 0.2) is 54.6 Å². The molecule has 0 aromatic heterocycles. The van der Waals surface area contributed by atoms with E-state index in [-0.39, 0.29) is 17.3 Å². The van der Waals surface area contributed by atoms with Crippen molar-refractivity contribution in [3.05, 3.63) is 76.1 Å². The number of ether oxygens (including phenoxy) is 1. The SMILES string of the molecule is Fc1ccccc1.O=[N+]([O-])C1COc2ccccc2C1. The number of halogens is 1. The van der Waals surface area contributed by atoms with E-state index >= 15 is 0 Å². The second-order valence-corrected chi connectivity index (χ2v) is 4.36. The number of fused-ring (bicyclic) bond motifs is 1. The Morgan fingerprint density at radius 3 is 2.35 bits per heavy atom. The highest BCUT2D eigenvalue weighted by molar-refractivity contribution is 5.35. The molecule has 0 saturated heterocycles. The van der Waals surface area contributed by atoms with Crippen molar-refractivity contribution in [2.24, 2.45) is 0 Å². The third-order valence-corrected chi connectivity index (χ3v) is 2.89. The second kappa shape index (κ2) is 6.65. The van der Waals surface area contributed by atoms with Gasteiger partial charge in [0.05, 0.1) is 0 Å². The van der Waals surface area contributed by atoms with Gasteiger partial charge in [-0.1, -0.05) is 36.4 Å². The Bertz CT molecular complexity index is 574. The molecule has 5 heteroatoms. The molecule has 0 bridgehead atoms. The van der Waals surface area contributed by atoms with Crippen LogP contribution in [0.2, 0.25) is 0 Å². The smallest absolute Gasteiger partial charge is 0.250 e. The summed E-state index contributed by atoms with van der Waals surface area (Å²) < 4.78 is 17.2. The first-order chi connectivity index (χ1) is 9.66. The monoisotopic (exact) mass is 275 g/mol. The van der Waals surface area contributed by atoms with Gasteiger partial charge in [-0.2, -0.15) is 0 Å². The molecule has 1 aliphatic rings. The molecule has 1 aliphatic heterocycles. The lowest BCUT2D eigenvalue weighted by molar-refractivity contribution is -0.525. The first-order valence-electron chi connectivity index (χ1n) is 6.21. The number of rotatable bonds is 1. The van der Waals surface area contributed by atoms with Gasteiger partial charge < -0.3 is 4.74 Å². The summed E-state index contributed by atoms with van der Waals surface area (Å²) in [4.78, 5) is 10.2. The summed E-state index contributed by atoms with van der Waals surface area (Å²) in [7, 11) is 0. The van der Waals surface area contributed by atoms with E-state index in [1.165, 1.54) is 12.1 Å². The van der Waals surface area contributed by atoms with Crippen molar-refractivity contribution < 1.29 is 14.1 Å². The van der Waals surface area contributed by atoms with Gasteiger partial charge >= 0.3 is 0 Å². The Hall–Kier alpha value is -2.43. The quantitative estimate of drug-likeness (QED) is 0.593. The van der Waals surface area contributed by atoms with Crippen LogP contribution in [0, 0.1) is 15.9 Å². The van der Waals surface area contributed by atoms with Crippen LogP contribution in [0.1, 0.15) is 5.56 Å². The highest BCUT2D eigenvalue weighted by Gasteiger charge is 2.27. The van der Waals surface area contributed by atoms with E-state index in [1.807, 2.05) is 24.3 Å². The van der Waals surface area contributed by atoms with E-state index < -0.39 is 6.04 Å². The Morgan fingerprint density at radius 2 is 1.75 bits per heavy atom. The molecule has 2 aromatic rings. The first-order valence-corrected chi connectivity index (χ1v) is 6.21. The largest absolute Gasteiger partial charge is 0.486 e. The Morgan fingerprint density at radius 1 is 1.10 bits per heavy atom. The molecule has 20 heavy (non-hydrogen) atoms. The lowest BCUT2D eigenvalue weighted by Gasteiger charge is -2.19. The summed E-state index contributed by atoms with van der Waals surface area (Å²) in [6.07, 6.45) is 0.475. The minimum Gasteiger partial charge on any atom is -0.486 e. The molecule has 0 N–H and O–H groups in total. The molecule has 1 heterocycles. The molecule has 0 radical (unpaired) electrons. The topological polar surface area (TPSA) is 52.4 Å². The van der Waals surface area contributed by atoms with Gasteiger partial charge in [-0.05, 0) is 18.2 Å². The first kappa shape index (κ1) is 14.0. The van der Waals surface area contributed by atoms with Gasteiger partial charge in [0.2, 0.25) is 0 Å². The number of nitro groups is 1. The van der Waals surface area contributed by atoms with Gasteiger partial charge in [0.25, 0.3) is 6.04 Å². The van der Waals surface area contributed by atoms with Crippen molar-refractivity contribution in [3.8, 4) is 5.75 Å². The highest BCUT2D eigenvalue weighted by Crippen LogP contribution is 2.24. The van der Waals surface area contributed by atoms with Crippen molar-refractivity contribution in [3.63, 3.8) is 0 Å². The van der Waals surface area contributed by atoms with Crippen molar-refractivity contribution in [2.75, 3.05) is 6.61 Å². The fourth-order valence-corrected chi connectivity index (χ4v) is 1.86. The molecule has 104 valence electrons. The molecule has 1 unspecified atom stereocenters. The van der Waals surface area contributed by atoms with E-state index in [9.17, 15) is 14.5 Å². The Kier molecular flexibility index (Phi) is 4.65. The van der Waals surface area contributed by atoms with Crippen LogP contribution in [-0.4, -0.2) is 17.6 Å². The van der Waals surface area contributed by atoms with Gasteiger partial charge in [-0.15, -0.1) is 0 Å². The third-order valence-electron chi connectivity index (χ3n) is 2.89. The van der Waals surface area contributed by atoms with Crippen LogP contribution in [0.5, 0.6) is 5.75 Å². The molecule has 2 aromatic carbocycles. The number of para-hydroxylation sites is 1. The van der Waals surface area contributed by atoms with Crippen molar-refractivity contribution in [1.82, 2.24) is 0 Å². The van der Waals surface area contributed by atoms with Crippen LogP contribution < -0.4 is 4.74 Å². The van der Waals surface area contributed by atoms with E-state index in [0.717, 1.165) is 11.3 Å². The number of hydrogen-bond acceptors (Lipinski definition) is 3. The summed E-state index contributed by atoms with van der Waals surface area (Å²) >= 11 is 0. The van der Waals surface area contributed by atoms with Gasteiger partial charge in [-0.3, -0.25) is 10.1 Å². The standard InChI is InChI=1S/C9H9NO3.C6H5F/c11-10(12)8-5-7-3-1-2-4-9(7)13-6-8;7-6-4-2-1-3-5-6/h1-4,8H,5-6H2;1-5H. The van der Waals surface area contributed by atoms with Crippen molar-refractivity contribution >= 4 is 0 Å². The fourth-order valence-electron chi connectivity index (χ4n) is 1.86. The van der Waals surface area contributed by atoms with Crippen LogP contribution >= 0.6 is 0 Å². The van der Waals surface area contributed by atoms with Crippen LogP contribution in [-0.2, 0) is 6.42 Å². The molecule has 4 nitrogen and oxygen atoms in total. The lowest BCUT2D eigenvalue weighted by atomic mass is 10.0. The predicted octanol–water partition coefficient (Wildman–Crippen LogP) is 3.09. The number of nitrogens with zero attached hydrogens (tertiary/aromatic N) is 1. The van der Waals surface area contributed by atoms with Crippen molar-refractivity contribution in [2.45, 2.75) is 12.5 Å². The van der Waals surface area contributed by atoms with E-state index in [0.29, 0.717) is 6.42 Å². The normalized spacial score (nSPS) is 16.1. The average molecular weight is 275 g/mol. The summed E-state index contributed by atoms with van der Waals surface area (Å²) in [5.74, 6) is 0.600. The fraction of sp³-hybridized carbons (Fsp3) is 0.200. The third kappa shape index (κ3) is 3.78. The molecule has 0 spiro atoms. The van der Waals surface area contributed by atoms with Gasteiger partial charge in [0.1, 0.15) is 11.6 Å². The zero-order valence-electron chi connectivity index (χ0n) is 10.7. The second-order valence-electron chi connectivity index (χ2n) is 4.36. The number of hydrogen-bond donors (Lipinski definition) is 0. The molecule has 0 fully saturated rings.